The van der Waals surface area contributed by atoms with Crippen molar-refractivity contribution in [3.8, 4) is 0 Å². The number of nitrogens with one attached hydrogen (secondary N) is 1. The molecule has 1 aromatic heterocycles. The highest BCUT2D eigenvalue weighted by Gasteiger charge is 2.22. The van der Waals surface area contributed by atoms with Gasteiger partial charge in [-0.3, -0.25) is 0 Å². The van der Waals surface area contributed by atoms with Gasteiger partial charge in [0.15, 0.2) is 0 Å². The molecule has 30 heavy (non-hydrogen) atoms. The number of halogens is 2. The van der Waals surface area contributed by atoms with Gasteiger partial charge in [0.05, 0.1) is 5.56 Å². The van der Waals surface area contributed by atoms with E-state index in [-0.39, 0.29) is 0 Å². The smallest absolute Gasteiger partial charge is 0.337 e. The zero-order valence-electron chi connectivity index (χ0n) is 17.4. The molecule has 0 bridgehead atoms. The van der Waals surface area contributed by atoms with Crippen molar-refractivity contribution in [2.24, 2.45) is 0 Å². The van der Waals surface area contributed by atoms with Gasteiger partial charge in [0.2, 0.25) is 0 Å². The Hall–Kier alpha value is -2.63. The maximum Gasteiger partial charge on any atom is 0.337 e. The quantitative estimate of drug-likeness (QED) is 0.498. The van der Waals surface area contributed by atoms with E-state index in [4.69, 9.17) is 11.6 Å². The summed E-state index contributed by atoms with van der Waals surface area (Å²) in [5.74, 6) is -1.35. The molecule has 0 saturated heterocycles. The number of carbonyl (C=O) groups is 1. The van der Waals surface area contributed by atoms with E-state index in [1.54, 1.807) is 13.0 Å². The van der Waals surface area contributed by atoms with Crippen LogP contribution in [0, 0.1) is 19.7 Å². The first-order valence-electron chi connectivity index (χ1n) is 9.96. The molecule has 6 heteroatoms. The van der Waals surface area contributed by atoms with E-state index in [1.165, 1.54) is 17.7 Å². The molecule has 4 nitrogen and oxygen atoms in total. The van der Waals surface area contributed by atoms with E-state index in [2.05, 4.69) is 36.5 Å². The molecule has 0 spiro atoms. The molecule has 0 aliphatic heterocycles. The Morgan fingerprint density at radius 2 is 1.73 bits per heavy atom. The maximum absolute atomic E-state index is 13.4. The topological polar surface area (TPSA) is 54.3 Å². The molecule has 3 rings (SSSR count). The van der Waals surface area contributed by atoms with Gasteiger partial charge in [-0.25, -0.2) is 9.18 Å². The van der Waals surface area contributed by atoms with Crippen LogP contribution in [0.4, 0.5) is 4.39 Å². The summed E-state index contributed by atoms with van der Waals surface area (Å²) >= 11 is 6.18. The second-order valence-corrected chi connectivity index (χ2v) is 7.83. The molecule has 0 aliphatic carbocycles. The largest absolute Gasteiger partial charge is 0.478 e. The Morgan fingerprint density at radius 1 is 1.07 bits per heavy atom. The summed E-state index contributed by atoms with van der Waals surface area (Å²) in [6, 6.07) is 12.7. The Balaban J connectivity index is 1.82. The monoisotopic (exact) mass is 428 g/mol. The summed E-state index contributed by atoms with van der Waals surface area (Å²) in [6.45, 7) is 7.29. The first-order valence-corrected chi connectivity index (χ1v) is 10.3. The molecule has 0 fully saturated rings. The third kappa shape index (κ3) is 4.74. The third-order valence-corrected chi connectivity index (χ3v) is 5.88. The molecule has 1 heterocycles. The summed E-state index contributed by atoms with van der Waals surface area (Å²) in [4.78, 5) is 12.0. The van der Waals surface area contributed by atoms with Crippen LogP contribution in [0.5, 0.6) is 0 Å². The second kappa shape index (κ2) is 9.45. The first kappa shape index (κ1) is 22.1. The predicted octanol–water partition coefficient (Wildman–Crippen LogP) is 5.50. The molecule has 3 aromatic rings. The fourth-order valence-corrected chi connectivity index (χ4v) is 3.96. The van der Waals surface area contributed by atoms with Crippen LogP contribution in [0.2, 0.25) is 5.02 Å². The van der Waals surface area contributed by atoms with Gasteiger partial charge in [-0.1, -0.05) is 48.9 Å². The van der Waals surface area contributed by atoms with E-state index < -0.39 is 11.8 Å². The van der Waals surface area contributed by atoms with Crippen molar-refractivity contribution in [2.75, 3.05) is 0 Å². The van der Waals surface area contributed by atoms with Crippen molar-refractivity contribution in [3.05, 3.63) is 92.5 Å². The zero-order chi connectivity index (χ0) is 21.8. The van der Waals surface area contributed by atoms with Gasteiger partial charge in [-0.15, -0.1) is 0 Å². The molecule has 2 aromatic carbocycles. The number of aryl methyl sites for hydroxylation is 1. The second-order valence-electron chi connectivity index (χ2n) is 7.43. The molecular weight excluding hydrogens is 403 g/mol. The van der Waals surface area contributed by atoms with Crippen LogP contribution in [0.3, 0.4) is 0 Å². The van der Waals surface area contributed by atoms with Crippen molar-refractivity contribution in [3.63, 3.8) is 0 Å². The van der Waals surface area contributed by atoms with Crippen LogP contribution in [-0.4, -0.2) is 15.6 Å². The van der Waals surface area contributed by atoms with E-state index in [0.717, 1.165) is 28.8 Å². The number of aromatic carboxylic acids is 1. The van der Waals surface area contributed by atoms with E-state index in [9.17, 15) is 14.3 Å². The van der Waals surface area contributed by atoms with Crippen LogP contribution in [0.25, 0.3) is 0 Å². The summed E-state index contributed by atoms with van der Waals surface area (Å²) < 4.78 is 15.3. The normalized spacial score (nSPS) is 11.1. The Labute approximate surface area is 181 Å². The molecule has 0 aliphatic rings. The molecular formula is C24H26ClFN2O2. The van der Waals surface area contributed by atoms with Gasteiger partial charge in [-0.05, 0) is 49.1 Å². The summed E-state index contributed by atoms with van der Waals surface area (Å²) in [7, 11) is 0. The van der Waals surface area contributed by atoms with Gasteiger partial charge in [0.25, 0.3) is 0 Å². The predicted molar refractivity (Wildman–Crippen MR) is 118 cm³/mol. The number of benzene rings is 2. The lowest BCUT2D eigenvalue weighted by molar-refractivity contribution is 0.0694. The summed E-state index contributed by atoms with van der Waals surface area (Å²) in [5, 5.41) is 13.5. The molecule has 0 amide bonds. The van der Waals surface area contributed by atoms with Gasteiger partial charge in [0, 0.05) is 41.6 Å². The number of rotatable bonds is 8. The van der Waals surface area contributed by atoms with E-state index >= 15 is 0 Å². The highest BCUT2D eigenvalue weighted by molar-refractivity contribution is 6.31. The first-order chi connectivity index (χ1) is 14.3. The van der Waals surface area contributed by atoms with Crippen molar-refractivity contribution in [1.29, 1.82) is 0 Å². The van der Waals surface area contributed by atoms with Crippen LogP contribution in [-0.2, 0) is 26.1 Å². The highest BCUT2D eigenvalue weighted by Crippen LogP contribution is 2.26. The Bertz CT molecular complexity index is 1060. The maximum atomic E-state index is 13.4. The van der Waals surface area contributed by atoms with Gasteiger partial charge >= 0.3 is 5.97 Å². The Morgan fingerprint density at radius 3 is 2.33 bits per heavy atom. The number of hydrogen-bond acceptors (Lipinski definition) is 2. The van der Waals surface area contributed by atoms with E-state index in [0.29, 0.717) is 35.9 Å². The minimum atomic E-state index is -0.955. The molecule has 0 unspecified atom stereocenters. The lowest BCUT2D eigenvalue weighted by Crippen LogP contribution is -2.15. The van der Waals surface area contributed by atoms with Crippen LogP contribution in [0.1, 0.15) is 50.9 Å². The fourth-order valence-electron chi connectivity index (χ4n) is 3.73. The molecule has 0 saturated carbocycles. The van der Waals surface area contributed by atoms with Crippen LogP contribution < -0.4 is 5.32 Å². The number of aromatic nitrogens is 1. The van der Waals surface area contributed by atoms with Crippen LogP contribution >= 0.6 is 11.6 Å². The average Bonchev–Trinajstić information content (AvgIpc) is 2.94. The summed E-state index contributed by atoms with van der Waals surface area (Å²) in [6.07, 6.45) is 1.000. The van der Waals surface area contributed by atoms with Crippen molar-refractivity contribution in [2.45, 2.75) is 46.8 Å². The fraction of sp³-hybridized carbons (Fsp3) is 0.292. The standard InChI is InChI=1S/C24H26ClFN2O2/c1-4-17-5-7-18(8-6-17)12-27-13-21-15(2)28(16(3)23(21)24(29)30)14-19-9-10-20(26)11-22(19)25/h5-11,27H,4,12-14H2,1-3H3,(H,29,30). The molecule has 0 radical (unpaired) electrons. The van der Waals surface area contributed by atoms with E-state index in [1.807, 2.05) is 11.5 Å². The van der Waals surface area contributed by atoms with Gasteiger partial charge in [0.1, 0.15) is 5.82 Å². The number of hydrogen-bond donors (Lipinski definition) is 2. The summed E-state index contributed by atoms with van der Waals surface area (Å²) in [5.41, 5.74) is 5.75. The minimum absolute atomic E-state index is 0.305. The van der Waals surface area contributed by atoms with Crippen molar-refractivity contribution in [1.82, 2.24) is 9.88 Å². The van der Waals surface area contributed by atoms with Crippen molar-refractivity contribution < 1.29 is 14.3 Å². The molecule has 158 valence electrons. The van der Waals surface area contributed by atoms with Crippen molar-refractivity contribution >= 4 is 17.6 Å². The highest BCUT2D eigenvalue weighted by atomic mass is 35.5. The molecule has 0 atom stereocenters. The SMILES string of the molecule is CCc1ccc(CNCc2c(C(=O)O)c(C)n(Cc3ccc(F)cc3Cl)c2C)cc1. The average molecular weight is 429 g/mol. The van der Waals surface area contributed by atoms with Gasteiger partial charge < -0.3 is 15.0 Å². The lowest BCUT2D eigenvalue weighted by atomic mass is 10.1. The minimum Gasteiger partial charge on any atom is -0.478 e. The lowest BCUT2D eigenvalue weighted by Gasteiger charge is -2.12. The number of carboxylic acid groups (broad SMARTS) is 1. The Kier molecular flexibility index (Phi) is 6.95. The van der Waals surface area contributed by atoms with Gasteiger partial charge in [-0.2, -0.15) is 0 Å². The number of nitrogens with zero attached hydrogens (tertiary/aromatic N) is 1. The van der Waals surface area contributed by atoms with Crippen LogP contribution in [0.15, 0.2) is 42.5 Å². The third-order valence-electron chi connectivity index (χ3n) is 5.53. The molecule has 2 N–H and O–H groups in total. The zero-order valence-corrected chi connectivity index (χ0v) is 18.2. The number of carboxylic acids is 1.